The number of ketones is 1. The second kappa shape index (κ2) is 4.79. The maximum absolute atomic E-state index is 12.0. The molecule has 2 atom stereocenters. The van der Waals surface area contributed by atoms with E-state index in [9.17, 15) is 4.79 Å². The number of hydrogen-bond donors (Lipinski definition) is 0. The van der Waals surface area contributed by atoms with E-state index in [-0.39, 0.29) is 5.78 Å². The number of carbonyl (C=O) groups is 1. The summed E-state index contributed by atoms with van der Waals surface area (Å²) in [5.41, 5.74) is 0.828. The van der Waals surface area contributed by atoms with Gasteiger partial charge in [0.05, 0.1) is 6.54 Å². The molecule has 1 heterocycles. The summed E-state index contributed by atoms with van der Waals surface area (Å²) in [6, 6.07) is 10.1. The van der Waals surface area contributed by atoms with E-state index in [0.717, 1.165) is 18.0 Å². The van der Waals surface area contributed by atoms with Gasteiger partial charge in [-0.05, 0) is 19.3 Å². The van der Waals surface area contributed by atoms with Crippen LogP contribution in [-0.4, -0.2) is 29.8 Å². The van der Waals surface area contributed by atoms with Crippen LogP contribution in [0.1, 0.15) is 30.6 Å². The average molecular weight is 217 g/mol. The van der Waals surface area contributed by atoms with Crippen molar-refractivity contribution in [2.75, 3.05) is 13.1 Å². The predicted octanol–water partition coefficient (Wildman–Crippen LogP) is 2.60. The molecule has 86 valence electrons. The summed E-state index contributed by atoms with van der Waals surface area (Å²) in [5.74, 6) is 0.958. The topological polar surface area (TPSA) is 20.3 Å². The molecule has 0 spiro atoms. The molecule has 0 saturated carbocycles. The van der Waals surface area contributed by atoms with Crippen molar-refractivity contribution in [2.45, 2.75) is 26.3 Å². The van der Waals surface area contributed by atoms with Gasteiger partial charge in [-0.3, -0.25) is 9.69 Å². The summed E-state index contributed by atoms with van der Waals surface area (Å²) in [5, 5.41) is 0. The van der Waals surface area contributed by atoms with E-state index < -0.39 is 0 Å². The lowest BCUT2D eigenvalue weighted by atomic mass is 10.1. The van der Waals surface area contributed by atoms with Crippen molar-refractivity contribution in [3.05, 3.63) is 35.9 Å². The van der Waals surface area contributed by atoms with Crippen LogP contribution in [0.15, 0.2) is 30.3 Å². The van der Waals surface area contributed by atoms with Crippen molar-refractivity contribution in [3.8, 4) is 0 Å². The van der Waals surface area contributed by atoms with Gasteiger partial charge in [0.25, 0.3) is 0 Å². The summed E-state index contributed by atoms with van der Waals surface area (Å²) in [4.78, 5) is 14.3. The first-order valence-electron chi connectivity index (χ1n) is 5.99. The number of hydrogen-bond acceptors (Lipinski definition) is 2. The number of likely N-dealkylation sites (tertiary alicyclic amines) is 1. The normalized spacial score (nSPS) is 25.9. The molecule has 1 aliphatic rings. The molecule has 2 heteroatoms. The highest BCUT2D eigenvalue weighted by molar-refractivity contribution is 5.97. The summed E-state index contributed by atoms with van der Waals surface area (Å²) >= 11 is 0. The molecular formula is C14H19NO. The third kappa shape index (κ3) is 2.50. The van der Waals surface area contributed by atoms with Crippen LogP contribution < -0.4 is 0 Å². The molecule has 0 bridgehead atoms. The van der Waals surface area contributed by atoms with Crippen LogP contribution in [0.5, 0.6) is 0 Å². The lowest BCUT2D eigenvalue weighted by Gasteiger charge is -2.19. The van der Waals surface area contributed by atoms with Crippen LogP contribution in [0.3, 0.4) is 0 Å². The van der Waals surface area contributed by atoms with Crippen LogP contribution in [0.25, 0.3) is 0 Å². The van der Waals surface area contributed by atoms with E-state index >= 15 is 0 Å². The van der Waals surface area contributed by atoms with Crippen LogP contribution >= 0.6 is 0 Å². The first-order chi connectivity index (χ1) is 7.66. The Morgan fingerprint density at radius 2 is 2.00 bits per heavy atom. The average Bonchev–Trinajstić information content (AvgIpc) is 2.59. The molecule has 16 heavy (non-hydrogen) atoms. The van der Waals surface area contributed by atoms with Gasteiger partial charge in [-0.1, -0.05) is 37.3 Å². The zero-order valence-corrected chi connectivity index (χ0v) is 10.0. The molecule has 2 nitrogen and oxygen atoms in total. The van der Waals surface area contributed by atoms with Gasteiger partial charge in [0.15, 0.2) is 5.78 Å². The van der Waals surface area contributed by atoms with Gasteiger partial charge in [0.2, 0.25) is 0 Å². The lowest BCUT2D eigenvalue weighted by molar-refractivity contribution is 0.0925. The maximum atomic E-state index is 12.0. The van der Waals surface area contributed by atoms with Gasteiger partial charge in [-0.2, -0.15) is 0 Å². The fraction of sp³-hybridized carbons (Fsp3) is 0.500. The van der Waals surface area contributed by atoms with Crippen molar-refractivity contribution >= 4 is 5.78 Å². The highest BCUT2D eigenvalue weighted by atomic mass is 16.1. The number of rotatable bonds is 3. The summed E-state index contributed by atoms with van der Waals surface area (Å²) in [6.45, 7) is 6.08. The zero-order valence-electron chi connectivity index (χ0n) is 10.0. The van der Waals surface area contributed by atoms with E-state index in [4.69, 9.17) is 0 Å². The maximum Gasteiger partial charge on any atom is 0.176 e. The smallest absolute Gasteiger partial charge is 0.176 e. The number of nitrogens with zero attached hydrogens (tertiary/aromatic N) is 1. The second-order valence-corrected chi connectivity index (χ2v) is 4.91. The minimum Gasteiger partial charge on any atom is -0.293 e. The standard InChI is InChI=1S/C14H19NO/c1-11-8-12(2)15(9-11)10-14(16)13-6-4-3-5-7-13/h3-7,11-12H,8-10H2,1-2H3. The van der Waals surface area contributed by atoms with Crippen molar-refractivity contribution in [3.63, 3.8) is 0 Å². The van der Waals surface area contributed by atoms with Gasteiger partial charge in [0.1, 0.15) is 0 Å². The Morgan fingerprint density at radius 1 is 1.31 bits per heavy atom. The van der Waals surface area contributed by atoms with Crippen LogP contribution in [-0.2, 0) is 0 Å². The fourth-order valence-electron chi connectivity index (χ4n) is 2.51. The van der Waals surface area contributed by atoms with Gasteiger partial charge in [-0.15, -0.1) is 0 Å². The second-order valence-electron chi connectivity index (χ2n) is 4.91. The molecular weight excluding hydrogens is 198 g/mol. The molecule has 1 saturated heterocycles. The summed E-state index contributed by atoms with van der Waals surface area (Å²) < 4.78 is 0. The van der Waals surface area contributed by atoms with Gasteiger partial charge >= 0.3 is 0 Å². The number of benzene rings is 1. The Bertz CT molecular complexity index is 360. The van der Waals surface area contributed by atoms with E-state index in [1.165, 1.54) is 6.42 Å². The van der Waals surface area contributed by atoms with Gasteiger partial charge < -0.3 is 0 Å². The molecule has 1 aromatic carbocycles. The number of carbonyl (C=O) groups excluding carboxylic acids is 1. The first-order valence-corrected chi connectivity index (χ1v) is 5.99. The third-order valence-electron chi connectivity index (χ3n) is 3.36. The Hall–Kier alpha value is -1.15. The monoisotopic (exact) mass is 217 g/mol. The van der Waals surface area contributed by atoms with Crippen LogP contribution in [0.4, 0.5) is 0 Å². The van der Waals surface area contributed by atoms with Crippen LogP contribution in [0.2, 0.25) is 0 Å². The van der Waals surface area contributed by atoms with Crippen molar-refractivity contribution in [1.82, 2.24) is 4.90 Å². The van der Waals surface area contributed by atoms with E-state index in [1.807, 2.05) is 30.3 Å². The Labute approximate surface area is 97.3 Å². The molecule has 1 aromatic rings. The Morgan fingerprint density at radius 3 is 2.56 bits per heavy atom. The molecule has 0 radical (unpaired) electrons. The van der Waals surface area contributed by atoms with Gasteiger partial charge in [-0.25, -0.2) is 0 Å². The van der Waals surface area contributed by atoms with Crippen LogP contribution in [0, 0.1) is 5.92 Å². The first kappa shape index (κ1) is 11.3. The van der Waals surface area contributed by atoms with E-state index in [0.29, 0.717) is 12.6 Å². The molecule has 0 N–H and O–H groups in total. The van der Waals surface area contributed by atoms with E-state index in [2.05, 4.69) is 18.7 Å². The summed E-state index contributed by atoms with van der Waals surface area (Å²) in [6.07, 6.45) is 1.21. The Kier molecular flexibility index (Phi) is 3.39. The van der Waals surface area contributed by atoms with Crippen molar-refractivity contribution in [1.29, 1.82) is 0 Å². The lowest BCUT2D eigenvalue weighted by Crippen LogP contribution is -2.32. The van der Waals surface area contributed by atoms with Crippen molar-refractivity contribution < 1.29 is 4.79 Å². The van der Waals surface area contributed by atoms with E-state index in [1.54, 1.807) is 0 Å². The molecule has 1 fully saturated rings. The molecule has 0 aliphatic carbocycles. The minimum absolute atomic E-state index is 0.238. The van der Waals surface area contributed by atoms with Gasteiger partial charge in [0, 0.05) is 18.2 Å². The quantitative estimate of drug-likeness (QED) is 0.725. The summed E-state index contributed by atoms with van der Waals surface area (Å²) in [7, 11) is 0. The molecule has 0 amide bonds. The third-order valence-corrected chi connectivity index (χ3v) is 3.36. The molecule has 2 rings (SSSR count). The fourth-order valence-corrected chi connectivity index (χ4v) is 2.51. The highest BCUT2D eigenvalue weighted by Crippen LogP contribution is 2.22. The predicted molar refractivity (Wildman–Crippen MR) is 65.6 cm³/mol. The molecule has 1 aliphatic heterocycles. The molecule has 2 unspecified atom stereocenters. The van der Waals surface area contributed by atoms with Crippen molar-refractivity contribution in [2.24, 2.45) is 5.92 Å². The number of Topliss-reactive ketones (excluding diaryl/α,β-unsaturated/α-hetero) is 1. The SMILES string of the molecule is CC1CC(C)N(CC(=O)c2ccccc2)C1. The highest BCUT2D eigenvalue weighted by Gasteiger charge is 2.27. The molecule has 0 aromatic heterocycles. The Balaban J connectivity index is 1.98. The minimum atomic E-state index is 0.238. The zero-order chi connectivity index (χ0) is 11.5. The largest absolute Gasteiger partial charge is 0.293 e.